The van der Waals surface area contributed by atoms with Crippen molar-refractivity contribution in [3.05, 3.63) is 33.9 Å². The van der Waals surface area contributed by atoms with E-state index in [-0.39, 0.29) is 18.3 Å². The van der Waals surface area contributed by atoms with Gasteiger partial charge in [-0.15, -0.1) is 5.10 Å². The third kappa shape index (κ3) is 3.04. The predicted molar refractivity (Wildman–Crippen MR) is 81.8 cm³/mol. The van der Waals surface area contributed by atoms with Crippen LogP contribution in [0.15, 0.2) is 18.2 Å². The number of hydrogen-bond acceptors (Lipinski definition) is 4. The van der Waals surface area contributed by atoms with Crippen molar-refractivity contribution in [1.82, 2.24) is 15.0 Å². The summed E-state index contributed by atoms with van der Waals surface area (Å²) in [6, 6.07) is 5.05. The molecule has 0 saturated carbocycles. The van der Waals surface area contributed by atoms with E-state index < -0.39 is 5.97 Å². The topological polar surface area (TPSA) is 57.0 Å². The zero-order valence-electron chi connectivity index (χ0n) is 11.9. The highest BCUT2D eigenvalue weighted by Gasteiger charge is 2.26. The van der Waals surface area contributed by atoms with Crippen LogP contribution < -0.4 is 0 Å². The van der Waals surface area contributed by atoms with Crippen molar-refractivity contribution in [1.29, 1.82) is 0 Å². The number of ether oxygens (including phenoxy) is 1. The molecule has 0 fully saturated rings. The summed E-state index contributed by atoms with van der Waals surface area (Å²) in [5, 5.41) is 8.91. The Hall–Kier alpha value is -1.59. The number of rotatable bonds is 4. The molecule has 0 aliphatic carbocycles. The SMILES string of the molecule is CCOC(=O)c1c(-c2c(Cl)cccc2Cl)nnn1C(C)C. The van der Waals surface area contributed by atoms with Crippen LogP contribution in [0.4, 0.5) is 0 Å². The lowest BCUT2D eigenvalue weighted by Crippen LogP contribution is -2.16. The van der Waals surface area contributed by atoms with Crippen molar-refractivity contribution in [3.8, 4) is 11.3 Å². The standard InChI is InChI=1S/C14H15Cl2N3O2/c1-4-21-14(20)13-12(17-18-19(13)8(2)3)11-9(15)6-5-7-10(11)16/h5-8H,4H2,1-3H3. The van der Waals surface area contributed by atoms with Crippen molar-refractivity contribution in [3.63, 3.8) is 0 Å². The fourth-order valence-electron chi connectivity index (χ4n) is 1.94. The molecule has 0 aliphatic rings. The number of carbonyl (C=O) groups excluding carboxylic acids is 1. The summed E-state index contributed by atoms with van der Waals surface area (Å²) in [6.45, 7) is 5.80. The second kappa shape index (κ2) is 6.45. The number of carbonyl (C=O) groups is 1. The lowest BCUT2D eigenvalue weighted by molar-refractivity contribution is 0.0511. The Morgan fingerprint density at radius 2 is 1.95 bits per heavy atom. The number of nitrogens with zero attached hydrogens (tertiary/aromatic N) is 3. The van der Waals surface area contributed by atoms with Crippen LogP contribution in [0.5, 0.6) is 0 Å². The second-order valence-electron chi connectivity index (χ2n) is 4.64. The molecule has 0 saturated heterocycles. The van der Waals surface area contributed by atoms with Gasteiger partial charge in [0.2, 0.25) is 0 Å². The van der Waals surface area contributed by atoms with E-state index in [0.29, 0.717) is 21.3 Å². The van der Waals surface area contributed by atoms with Gasteiger partial charge in [-0.2, -0.15) is 0 Å². The molecule has 0 bridgehead atoms. The summed E-state index contributed by atoms with van der Waals surface area (Å²) in [7, 11) is 0. The molecule has 0 N–H and O–H groups in total. The molecule has 0 radical (unpaired) electrons. The van der Waals surface area contributed by atoms with E-state index in [4.69, 9.17) is 27.9 Å². The molecule has 7 heteroatoms. The minimum Gasteiger partial charge on any atom is -0.461 e. The average Bonchev–Trinajstić information content (AvgIpc) is 2.83. The smallest absolute Gasteiger partial charge is 0.358 e. The Morgan fingerprint density at radius 1 is 1.33 bits per heavy atom. The third-order valence-corrected chi connectivity index (χ3v) is 3.48. The predicted octanol–water partition coefficient (Wildman–Crippen LogP) is 4.01. The zero-order chi connectivity index (χ0) is 15.6. The van der Waals surface area contributed by atoms with E-state index >= 15 is 0 Å². The average molecular weight is 328 g/mol. The van der Waals surface area contributed by atoms with Crippen molar-refractivity contribution < 1.29 is 9.53 Å². The maximum Gasteiger partial charge on any atom is 0.358 e. The Labute approximate surface area is 132 Å². The lowest BCUT2D eigenvalue weighted by atomic mass is 10.1. The minimum absolute atomic E-state index is 0.0491. The van der Waals surface area contributed by atoms with E-state index in [2.05, 4.69) is 10.3 Å². The summed E-state index contributed by atoms with van der Waals surface area (Å²) >= 11 is 12.4. The van der Waals surface area contributed by atoms with Gasteiger partial charge in [0.25, 0.3) is 0 Å². The van der Waals surface area contributed by atoms with E-state index in [1.807, 2.05) is 13.8 Å². The van der Waals surface area contributed by atoms with Crippen LogP contribution in [-0.4, -0.2) is 27.6 Å². The summed E-state index contributed by atoms with van der Waals surface area (Å²) in [4.78, 5) is 12.2. The first kappa shape index (κ1) is 15.8. The van der Waals surface area contributed by atoms with Gasteiger partial charge in [0.05, 0.1) is 16.7 Å². The van der Waals surface area contributed by atoms with Crippen LogP contribution >= 0.6 is 23.2 Å². The fourth-order valence-corrected chi connectivity index (χ4v) is 2.51. The first-order chi connectivity index (χ1) is 9.97. The van der Waals surface area contributed by atoms with Gasteiger partial charge in [0.1, 0.15) is 5.69 Å². The lowest BCUT2D eigenvalue weighted by Gasteiger charge is -2.11. The number of halogens is 2. The van der Waals surface area contributed by atoms with Crippen LogP contribution in [0.25, 0.3) is 11.3 Å². The maximum atomic E-state index is 12.2. The molecule has 1 aromatic heterocycles. The second-order valence-corrected chi connectivity index (χ2v) is 5.46. The van der Waals surface area contributed by atoms with Gasteiger partial charge in [0, 0.05) is 11.6 Å². The van der Waals surface area contributed by atoms with Gasteiger partial charge < -0.3 is 4.74 Å². The van der Waals surface area contributed by atoms with E-state index in [1.165, 1.54) is 4.68 Å². The Morgan fingerprint density at radius 3 is 2.48 bits per heavy atom. The molecule has 0 amide bonds. The van der Waals surface area contributed by atoms with Crippen LogP contribution in [0.2, 0.25) is 10.0 Å². The first-order valence-electron chi connectivity index (χ1n) is 6.54. The van der Waals surface area contributed by atoms with Crippen LogP contribution in [0.3, 0.4) is 0 Å². The van der Waals surface area contributed by atoms with Crippen molar-refractivity contribution in [2.45, 2.75) is 26.8 Å². The summed E-state index contributed by atoms with van der Waals surface area (Å²) < 4.78 is 6.60. The molecule has 2 aromatic rings. The number of hydrogen-bond donors (Lipinski definition) is 0. The van der Waals surface area contributed by atoms with Gasteiger partial charge in [-0.1, -0.05) is 34.5 Å². The Kier molecular flexibility index (Phi) is 4.85. The van der Waals surface area contributed by atoms with E-state index in [1.54, 1.807) is 25.1 Å². The molecule has 0 spiro atoms. The molecule has 0 aliphatic heterocycles. The Balaban J connectivity index is 2.67. The van der Waals surface area contributed by atoms with Gasteiger partial charge in [-0.05, 0) is 32.9 Å². The van der Waals surface area contributed by atoms with Crippen LogP contribution in [0, 0.1) is 0 Å². The molecule has 0 atom stereocenters. The quantitative estimate of drug-likeness (QED) is 0.796. The highest BCUT2D eigenvalue weighted by molar-refractivity contribution is 6.39. The van der Waals surface area contributed by atoms with Gasteiger partial charge in [-0.3, -0.25) is 0 Å². The molecule has 21 heavy (non-hydrogen) atoms. The van der Waals surface area contributed by atoms with Crippen LogP contribution in [0.1, 0.15) is 37.3 Å². The van der Waals surface area contributed by atoms with Crippen LogP contribution in [-0.2, 0) is 4.74 Å². The molecule has 0 unspecified atom stereocenters. The van der Waals surface area contributed by atoms with Crippen molar-refractivity contribution >= 4 is 29.2 Å². The highest BCUT2D eigenvalue weighted by atomic mass is 35.5. The molecule has 1 aromatic carbocycles. The van der Waals surface area contributed by atoms with Crippen molar-refractivity contribution in [2.75, 3.05) is 6.61 Å². The summed E-state index contributed by atoms with van der Waals surface area (Å²) in [5.41, 5.74) is 1.07. The van der Waals surface area contributed by atoms with Gasteiger partial charge >= 0.3 is 5.97 Å². The molecule has 112 valence electrons. The largest absolute Gasteiger partial charge is 0.461 e. The van der Waals surface area contributed by atoms with Gasteiger partial charge in [0.15, 0.2) is 5.69 Å². The van der Waals surface area contributed by atoms with E-state index in [9.17, 15) is 4.79 Å². The normalized spacial score (nSPS) is 11.0. The minimum atomic E-state index is -0.498. The number of benzene rings is 1. The summed E-state index contributed by atoms with van der Waals surface area (Å²) in [5.74, 6) is -0.498. The fraction of sp³-hybridized carbons (Fsp3) is 0.357. The molecule has 5 nitrogen and oxygen atoms in total. The Bertz CT molecular complexity index is 648. The van der Waals surface area contributed by atoms with Gasteiger partial charge in [-0.25, -0.2) is 9.48 Å². The maximum absolute atomic E-state index is 12.2. The van der Waals surface area contributed by atoms with Crippen molar-refractivity contribution in [2.24, 2.45) is 0 Å². The molecule has 1 heterocycles. The molecule has 2 rings (SSSR count). The highest BCUT2D eigenvalue weighted by Crippen LogP contribution is 2.35. The zero-order valence-corrected chi connectivity index (χ0v) is 13.4. The molecular weight excluding hydrogens is 313 g/mol. The summed E-state index contributed by atoms with van der Waals surface area (Å²) in [6.07, 6.45) is 0. The monoisotopic (exact) mass is 327 g/mol. The van der Waals surface area contributed by atoms with E-state index in [0.717, 1.165) is 0 Å². The number of aromatic nitrogens is 3. The first-order valence-corrected chi connectivity index (χ1v) is 7.29. The third-order valence-electron chi connectivity index (χ3n) is 2.85. The number of esters is 1. The molecular formula is C14H15Cl2N3O2.